The quantitative estimate of drug-likeness (QED) is 0.922. The van der Waals surface area contributed by atoms with Gasteiger partial charge >= 0.3 is 0 Å². The highest BCUT2D eigenvalue weighted by Crippen LogP contribution is 2.23. The summed E-state index contributed by atoms with van der Waals surface area (Å²) in [5.74, 6) is 0.0771. The van der Waals surface area contributed by atoms with Gasteiger partial charge in [0.2, 0.25) is 5.91 Å². The van der Waals surface area contributed by atoms with Crippen LogP contribution in [0.1, 0.15) is 25.3 Å². The van der Waals surface area contributed by atoms with E-state index in [0.717, 1.165) is 51.3 Å². The maximum absolute atomic E-state index is 12.4. The van der Waals surface area contributed by atoms with Crippen molar-refractivity contribution in [2.45, 2.75) is 32.4 Å². The third-order valence-corrected chi connectivity index (χ3v) is 4.74. The van der Waals surface area contributed by atoms with Crippen molar-refractivity contribution >= 4 is 11.6 Å². The minimum atomic E-state index is -0.0284. The lowest BCUT2D eigenvalue weighted by Crippen LogP contribution is -2.40. The van der Waals surface area contributed by atoms with Crippen molar-refractivity contribution in [3.63, 3.8) is 0 Å². The third-order valence-electron chi connectivity index (χ3n) is 4.74. The van der Waals surface area contributed by atoms with Crippen LogP contribution in [0.25, 0.3) is 0 Å². The number of morpholine rings is 1. The second kappa shape index (κ2) is 7.79. The highest BCUT2D eigenvalue weighted by atomic mass is 16.5. The minimum absolute atomic E-state index is 0.0123. The molecule has 0 spiro atoms. The molecule has 0 aliphatic carbocycles. The molecule has 1 amide bonds. The van der Waals surface area contributed by atoms with Gasteiger partial charge in [0.15, 0.2) is 0 Å². The van der Waals surface area contributed by atoms with E-state index >= 15 is 0 Å². The first kappa shape index (κ1) is 16.3. The maximum Gasteiger partial charge on any atom is 0.225 e. The van der Waals surface area contributed by atoms with Crippen LogP contribution in [0.2, 0.25) is 0 Å². The van der Waals surface area contributed by atoms with Gasteiger partial charge in [0.25, 0.3) is 0 Å². The predicted molar refractivity (Wildman–Crippen MR) is 89.5 cm³/mol. The minimum Gasteiger partial charge on any atom is -0.378 e. The Morgan fingerprint density at radius 2 is 2.04 bits per heavy atom. The van der Waals surface area contributed by atoms with Crippen LogP contribution in [0.5, 0.6) is 0 Å². The number of nitrogens with zero attached hydrogens (tertiary/aromatic N) is 1. The van der Waals surface area contributed by atoms with Crippen molar-refractivity contribution in [2.75, 3.05) is 37.8 Å². The first-order valence-electron chi connectivity index (χ1n) is 8.55. The highest BCUT2D eigenvalue weighted by molar-refractivity contribution is 5.79. The van der Waals surface area contributed by atoms with Crippen LogP contribution in [-0.2, 0) is 20.8 Å². The topological polar surface area (TPSA) is 50.8 Å². The Labute approximate surface area is 137 Å². The molecule has 2 fully saturated rings. The molecule has 1 aromatic carbocycles. The zero-order chi connectivity index (χ0) is 16.1. The summed E-state index contributed by atoms with van der Waals surface area (Å²) in [7, 11) is 0. The number of carbonyl (C=O) groups excluding carboxylic acids is 1. The third kappa shape index (κ3) is 4.03. The fourth-order valence-corrected chi connectivity index (χ4v) is 3.35. The molecule has 2 saturated heterocycles. The first-order valence-corrected chi connectivity index (χ1v) is 8.55. The van der Waals surface area contributed by atoms with Gasteiger partial charge in [-0.25, -0.2) is 0 Å². The van der Waals surface area contributed by atoms with E-state index in [9.17, 15) is 4.79 Å². The van der Waals surface area contributed by atoms with Gasteiger partial charge in [-0.2, -0.15) is 0 Å². The van der Waals surface area contributed by atoms with Gasteiger partial charge < -0.3 is 19.7 Å². The van der Waals surface area contributed by atoms with E-state index in [1.54, 1.807) is 0 Å². The van der Waals surface area contributed by atoms with E-state index < -0.39 is 0 Å². The Morgan fingerprint density at radius 3 is 2.83 bits per heavy atom. The van der Waals surface area contributed by atoms with Crippen molar-refractivity contribution < 1.29 is 14.3 Å². The number of hydrogen-bond acceptors (Lipinski definition) is 4. The molecule has 2 atom stereocenters. The van der Waals surface area contributed by atoms with Crippen LogP contribution < -0.4 is 10.2 Å². The van der Waals surface area contributed by atoms with Crippen LogP contribution in [0.3, 0.4) is 0 Å². The van der Waals surface area contributed by atoms with E-state index in [1.807, 2.05) is 19.1 Å². The van der Waals surface area contributed by atoms with Gasteiger partial charge in [0.05, 0.1) is 25.2 Å². The van der Waals surface area contributed by atoms with Crippen molar-refractivity contribution in [3.8, 4) is 0 Å². The molecule has 0 unspecified atom stereocenters. The number of benzene rings is 1. The number of carbonyl (C=O) groups is 1. The normalized spacial score (nSPS) is 25.2. The molecule has 2 aliphatic heterocycles. The van der Waals surface area contributed by atoms with E-state index in [0.29, 0.717) is 6.54 Å². The Hall–Kier alpha value is -1.59. The fraction of sp³-hybridized carbons (Fsp3) is 0.611. The lowest BCUT2D eigenvalue weighted by Gasteiger charge is -2.31. The lowest BCUT2D eigenvalue weighted by atomic mass is 9.94. The number of rotatable bonds is 4. The molecule has 1 N–H and O–H groups in total. The fourth-order valence-electron chi connectivity index (χ4n) is 3.35. The van der Waals surface area contributed by atoms with Gasteiger partial charge in [-0.05, 0) is 31.4 Å². The molecule has 0 saturated carbocycles. The van der Waals surface area contributed by atoms with Crippen LogP contribution in [0.4, 0.5) is 5.69 Å². The molecule has 2 aliphatic rings. The monoisotopic (exact) mass is 318 g/mol. The number of ether oxygens (including phenoxy) is 2. The molecular weight excluding hydrogens is 292 g/mol. The average molecular weight is 318 g/mol. The molecule has 3 rings (SSSR count). The van der Waals surface area contributed by atoms with Crippen molar-refractivity contribution in [3.05, 3.63) is 29.8 Å². The SMILES string of the molecule is C[C@@H]1OCCC[C@H]1C(=O)NCc1ccccc1N1CCOCC1. The molecule has 0 bridgehead atoms. The van der Waals surface area contributed by atoms with Crippen LogP contribution in [0.15, 0.2) is 24.3 Å². The average Bonchev–Trinajstić information content (AvgIpc) is 2.61. The number of hydrogen-bond donors (Lipinski definition) is 1. The maximum atomic E-state index is 12.4. The molecule has 0 aromatic heterocycles. The van der Waals surface area contributed by atoms with Gasteiger partial charge in [-0.1, -0.05) is 18.2 Å². The number of nitrogens with one attached hydrogen (secondary N) is 1. The first-order chi connectivity index (χ1) is 11.3. The molecule has 23 heavy (non-hydrogen) atoms. The molecule has 126 valence electrons. The van der Waals surface area contributed by atoms with Crippen LogP contribution >= 0.6 is 0 Å². The molecule has 1 aromatic rings. The van der Waals surface area contributed by atoms with E-state index in [2.05, 4.69) is 22.3 Å². The molecule has 2 heterocycles. The zero-order valence-electron chi connectivity index (χ0n) is 13.8. The predicted octanol–water partition coefficient (Wildman–Crippen LogP) is 1.95. The number of para-hydroxylation sites is 1. The summed E-state index contributed by atoms with van der Waals surface area (Å²) in [5.41, 5.74) is 2.36. The van der Waals surface area contributed by atoms with Gasteiger partial charge in [-0.15, -0.1) is 0 Å². The van der Waals surface area contributed by atoms with E-state index in [1.165, 1.54) is 5.69 Å². The molecule has 5 heteroatoms. The molecule has 0 radical (unpaired) electrons. The number of anilines is 1. The van der Waals surface area contributed by atoms with Crippen molar-refractivity contribution in [1.29, 1.82) is 0 Å². The summed E-state index contributed by atoms with van der Waals surface area (Å²) in [5, 5.41) is 3.10. The van der Waals surface area contributed by atoms with Crippen molar-refractivity contribution in [1.82, 2.24) is 5.32 Å². The van der Waals surface area contributed by atoms with Crippen LogP contribution in [0, 0.1) is 5.92 Å². The van der Waals surface area contributed by atoms with Crippen molar-refractivity contribution in [2.24, 2.45) is 5.92 Å². The zero-order valence-corrected chi connectivity index (χ0v) is 13.8. The molecular formula is C18H26N2O3. The Balaban J connectivity index is 1.62. The standard InChI is InChI=1S/C18H26N2O3/c1-14-16(6-4-10-23-14)18(21)19-13-15-5-2-3-7-17(15)20-8-11-22-12-9-20/h2-3,5,7,14,16H,4,6,8-13H2,1H3,(H,19,21)/t14-,16+/m0/s1. The lowest BCUT2D eigenvalue weighted by molar-refractivity contribution is -0.133. The number of amides is 1. The summed E-state index contributed by atoms with van der Waals surface area (Å²) < 4.78 is 11.0. The van der Waals surface area contributed by atoms with Gasteiger partial charge in [0, 0.05) is 31.9 Å². The second-order valence-electron chi connectivity index (χ2n) is 6.27. The smallest absolute Gasteiger partial charge is 0.225 e. The van der Waals surface area contributed by atoms with Gasteiger partial charge in [0.1, 0.15) is 0 Å². The summed E-state index contributed by atoms with van der Waals surface area (Å²) in [6, 6.07) is 8.29. The Kier molecular flexibility index (Phi) is 5.51. The summed E-state index contributed by atoms with van der Waals surface area (Å²) in [6.45, 7) is 6.65. The highest BCUT2D eigenvalue weighted by Gasteiger charge is 2.28. The van der Waals surface area contributed by atoms with Gasteiger partial charge in [-0.3, -0.25) is 4.79 Å². The Morgan fingerprint density at radius 1 is 1.26 bits per heavy atom. The Bertz CT molecular complexity index is 529. The van der Waals surface area contributed by atoms with E-state index in [-0.39, 0.29) is 17.9 Å². The van der Waals surface area contributed by atoms with Crippen LogP contribution in [-0.4, -0.2) is 44.9 Å². The molecule has 5 nitrogen and oxygen atoms in total. The summed E-state index contributed by atoms with van der Waals surface area (Å²) in [4.78, 5) is 14.8. The second-order valence-corrected chi connectivity index (χ2v) is 6.27. The largest absolute Gasteiger partial charge is 0.378 e. The summed E-state index contributed by atoms with van der Waals surface area (Å²) in [6.07, 6.45) is 1.89. The van der Waals surface area contributed by atoms with E-state index in [4.69, 9.17) is 9.47 Å². The summed E-state index contributed by atoms with van der Waals surface area (Å²) >= 11 is 0.